The molecule has 6 heteroatoms. The molecule has 0 radical (unpaired) electrons. The van der Waals surface area contributed by atoms with Gasteiger partial charge in [0.05, 0.1) is 18.0 Å². The molecule has 2 aliphatic heterocycles. The van der Waals surface area contributed by atoms with Crippen LogP contribution in [0.3, 0.4) is 0 Å². The van der Waals surface area contributed by atoms with E-state index in [1.54, 1.807) is 16.4 Å². The number of sulfonamides is 1. The van der Waals surface area contributed by atoms with Crippen LogP contribution in [0.25, 0.3) is 0 Å². The standard InChI is InChI=1S/C23H20BrNO3S/c1-17-11-13-19(14-12-17)29(26,27)25-15-22(18-7-3-2-4-8-18)23(16-25,28-22)20-9-5-6-10-21(20)24/h2-14H,15-16H2,1H3/t22-,23+/m1/s1. The third-order valence-electron chi connectivity index (χ3n) is 5.96. The molecule has 0 unspecified atom stereocenters. The maximum absolute atomic E-state index is 13.4. The fourth-order valence-corrected chi connectivity index (χ4v) is 6.50. The summed E-state index contributed by atoms with van der Waals surface area (Å²) < 4.78 is 35.7. The van der Waals surface area contributed by atoms with Gasteiger partial charge in [-0.25, -0.2) is 8.42 Å². The van der Waals surface area contributed by atoms with E-state index in [0.717, 1.165) is 21.2 Å². The lowest BCUT2D eigenvalue weighted by Crippen LogP contribution is -2.34. The molecule has 0 spiro atoms. The lowest BCUT2D eigenvalue weighted by molar-refractivity contribution is 0.182. The maximum atomic E-state index is 13.4. The number of aryl methyl sites for hydroxylation is 1. The van der Waals surface area contributed by atoms with Crippen LogP contribution < -0.4 is 0 Å². The zero-order valence-electron chi connectivity index (χ0n) is 15.9. The van der Waals surface area contributed by atoms with Crippen molar-refractivity contribution in [2.45, 2.75) is 23.0 Å². The highest BCUT2D eigenvalue weighted by molar-refractivity contribution is 9.10. The molecule has 29 heavy (non-hydrogen) atoms. The van der Waals surface area contributed by atoms with Gasteiger partial charge >= 0.3 is 0 Å². The Morgan fingerprint density at radius 2 is 1.48 bits per heavy atom. The van der Waals surface area contributed by atoms with Crippen LogP contribution in [0.2, 0.25) is 0 Å². The van der Waals surface area contributed by atoms with Gasteiger partial charge in [-0.2, -0.15) is 4.31 Å². The number of morpholine rings is 1. The highest BCUT2D eigenvalue weighted by atomic mass is 79.9. The zero-order chi connectivity index (χ0) is 20.3. The Bertz CT molecular complexity index is 1180. The van der Waals surface area contributed by atoms with Gasteiger partial charge in [-0.3, -0.25) is 0 Å². The van der Waals surface area contributed by atoms with E-state index in [9.17, 15) is 8.42 Å². The van der Waals surface area contributed by atoms with Crippen molar-refractivity contribution in [3.8, 4) is 0 Å². The molecule has 0 saturated carbocycles. The van der Waals surface area contributed by atoms with Gasteiger partial charge in [-0.1, -0.05) is 82.2 Å². The van der Waals surface area contributed by atoms with Gasteiger partial charge in [-0.15, -0.1) is 0 Å². The van der Waals surface area contributed by atoms with Crippen molar-refractivity contribution in [3.63, 3.8) is 0 Å². The van der Waals surface area contributed by atoms with Gasteiger partial charge in [0.15, 0.2) is 0 Å². The number of ether oxygens (including phenoxy) is 1. The summed E-state index contributed by atoms with van der Waals surface area (Å²) in [7, 11) is -3.63. The molecule has 0 amide bonds. The van der Waals surface area contributed by atoms with Gasteiger partial charge in [0.1, 0.15) is 11.2 Å². The lowest BCUT2D eigenvalue weighted by Gasteiger charge is -2.21. The van der Waals surface area contributed by atoms with Crippen LogP contribution in [-0.4, -0.2) is 25.8 Å². The van der Waals surface area contributed by atoms with Crippen LogP contribution in [0.15, 0.2) is 88.2 Å². The molecule has 0 N–H and O–H groups in total. The SMILES string of the molecule is Cc1ccc(S(=O)(=O)N2C[C@@]3(c4ccccc4Br)O[C@@]3(c3ccccc3)C2)cc1. The minimum atomic E-state index is -3.63. The molecular weight excluding hydrogens is 450 g/mol. The summed E-state index contributed by atoms with van der Waals surface area (Å²) in [4.78, 5) is 0.315. The van der Waals surface area contributed by atoms with Crippen molar-refractivity contribution in [2.24, 2.45) is 0 Å². The Morgan fingerprint density at radius 1 is 0.862 bits per heavy atom. The van der Waals surface area contributed by atoms with E-state index in [-0.39, 0.29) is 13.1 Å². The molecule has 0 aliphatic carbocycles. The summed E-state index contributed by atoms with van der Waals surface area (Å²) in [5, 5.41) is 0. The molecule has 0 bridgehead atoms. The summed E-state index contributed by atoms with van der Waals surface area (Å²) in [6.45, 7) is 2.51. The Morgan fingerprint density at radius 3 is 2.17 bits per heavy atom. The second-order valence-corrected chi connectivity index (χ2v) is 10.5. The minimum absolute atomic E-state index is 0.278. The summed E-state index contributed by atoms with van der Waals surface area (Å²) in [5.41, 5.74) is 1.62. The minimum Gasteiger partial charge on any atom is -0.349 e. The van der Waals surface area contributed by atoms with E-state index in [0.29, 0.717) is 4.90 Å². The molecule has 2 atom stereocenters. The first kappa shape index (κ1) is 19.0. The number of hydrogen-bond acceptors (Lipinski definition) is 3. The van der Waals surface area contributed by atoms with E-state index < -0.39 is 21.2 Å². The molecule has 148 valence electrons. The number of benzene rings is 3. The van der Waals surface area contributed by atoms with Crippen molar-refractivity contribution >= 4 is 26.0 Å². The van der Waals surface area contributed by atoms with Gasteiger partial charge in [-0.05, 0) is 30.7 Å². The molecular formula is C23H20BrNO3S. The van der Waals surface area contributed by atoms with Crippen LogP contribution >= 0.6 is 15.9 Å². The molecule has 4 nitrogen and oxygen atoms in total. The van der Waals surface area contributed by atoms with E-state index >= 15 is 0 Å². The summed E-state index contributed by atoms with van der Waals surface area (Å²) in [5.74, 6) is 0. The van der Waals surface area contributed by atoms with Gasteiger partial charge in [0, 0.05) is 10.0 Å². The third kappa shape index (κ3) is 2.74. The van der Waals surface area contributed by atoms with Crippen LogP contribution in [-0.2, 0) is 26.0 Å². The summed E-state index contributed by atoms with van der Waals surface area (Å²) in [6.07, 6.45) is 0. The predicted octanol–water partition coefficient (Wildman–Crippen LogP) is 4.58. The van der Waals surface area contributed by atoms with Crippen molar-refractivity contribution in [1.82, 2.24) is 4.31 Å². The summed E-state index contributed by atoms with van der Waals surface area (Å²) in [6, 6.07) is 24.8. The summed E-state index contributed by atoms with van der Waals surface area (Å²) >= 11 is 3.64. The van der Waals surface area contributed by atoms with Gasteiger partial charge < -0.3 is 4.74 Å². The fraction of sp³-hybridized carbons (Fsp3) is 0.217. The number of halogens is 1. The zero-order valence-corrected chi connectivity index (χ0v) is 18.3. The molecule has 2 fully saturated rings. The molecule has 2 aliphatic rings. The Hall–Kier alpha value is -1.99. The van der Waals surface area contributed by atoms with E-state index in [1.165, 1.54) is 0 Å². The first-order valence-corrected chi connectivity index (χ1v) is 11.7. The van der Waals surface area contributed by atoms with Crippen LogP contribution in [0.5, 0.6) is 0 Å². The smallest absolute Gasteiger partial charge is 0.243 e. The molecule has 2 heterocycles. The average molecular weight is 470 g/mol. The van der Waals surface area contributed by atoms with E-state index in [2.05, 4.69) is 15.9 Å². The first-order valence-electron chi connectivity index (χ1n) is 9.47. The second-order valence-electron chi connectivity index (χ2n) is 7.69. The monoisotopic (exact) mass is 469 g/mol. The van der Waals surface area contributed by atoms with E-state index in [4.69, 9.17) is 4.74 Å². The number of hydrogen-bond donors (Lipinski definition) is 0. The number of epoxide rings is 1. The topological polar surface area (TPSA) is 49.9 Å². The first-order chi connectivity index (χ1) is 13.9. The van der Waals surface area contributed by atoms with Crippen LogP contribution in [0.4, 0.5) is 0 Å². The quantitative estimate of drug-likeness (QED) is 0.525. The Labute approximate surface area is 179 Å². The molecule has 3 aromatic carbocycles. The highest BCUT2D eigenvalue weighted by Crippen LogP contribution is 2.67. The third-order valence-corrected chi connectivity index (χ3v) is 8.46. The van der Waals surface area contributed by atoms with Gasteiger partial charge in [0.2, 0.25) is 10.0 Å². The Balaban J connectivity index is 1.61. The lowest BCUT2D eigenvalue weighted by atomic mass is 9.84. The normalized spacial score (nSPS) is 26.3. The molecule has 3 aromatic rings. The van der Waals surface area contributed by atoms with Gasteiger partial charge in [0.25, 0.3) is 0 Å². The molecule has 0 aromatic heterocycles. The molecule has 5 rings (SSSR count). The van der Waals surface area contributed by atoms with Crippen molar-refractivity contribution in [3.05, 3.63) is 100 Å². The highest BCUT2D eigenvalue weighted by Gasteiger charge is 2.78. The predicted molar refractivity (Wildman–Crippen MR) is 115 cm³/mol. The van der Waals surface area contributed by atoms with Crippen molar-refractivity contribution in [2.75, 3.05) is 13.1 Å². The Kier molecular flexibility index (Phi) is 4.26. The average Bonchev–Trinajstić information content (AvgIpc) is 3.25. The number of nitrogens with zero attached hydrogens (tertiary/aromatic N) is 1. The largest absolute Gasteiger partial charge is 0.349 e. The fourth-order valence-electron chi connectivity index (χ4n) is 4.41. The molecule has 2 saturated heterocycles. The van der Waals surface area contributed by atoms with Crippen LogP contribution in [0.1, 0.15) is 16.7 Å². The number of rotatable bonds is 4. The van der Waals surface area contributed by atoms with Crippen LogP contribution in [0, 0.1) is 6.92 Å². The van der Waals surface area contributed by atoms with E-state index in [1.807, 2.05) is 73.7 Å². The second kappa shape index (κ2) is 6.51. The van der Waals surface area contributed by atoms with Crippen molar-refractivity contribution in [1.29, 1.82) is 0 Å². The maximum Gasteiger partial charge on any atom is 0.243 e. The van der Waals surface area contributed by atoms with Crippen molar-refractivity contribution < 1.29 is 13.2 Å². The number of fused-ring (bicyclic) bond motifs is 1.